The minimum Gasteiger partial charge on any atom is -0.411 e. The molecule has 128 valence electrons. The van der Waals surface area contributed by atoms with Crippen molar-refractivity contribution in [1.82, 2.24) is 10.2 Å². The third kappa shape index (κ3) is 3.82. The number of thioether (sulfide) groups is 1. The number of hydrogen-bond donors (Lipinski definition) is 0. The number of aromatic nitrogens is 2. The van der Waals surface area contributed by atoms with Crippen LogP contribution in [0.4, 0.5) is 0 Å². The minimum absolute atomic E-state index is 0.0741. The first-order valence-corrected chi connectivity index (χ1v) is 9.01. The number of Topliss-reactive ketones (excluding diaryl/α,β-unsaturated/α-hetero) is 1. The normalized spacial score (nSPS) is 12.2. The molecule has 0 radical (unpaired) electrons. The van der Waals surface area contributed by atoms with Gasteiger partial charge in [-0.05, 0) is 62.6 Å². The number of carbonyl (C=O) groups excluding carboxylic acids is 1. The maximum Gasteiger partial charge on any atom is 0.277 e. The van der Waals surface area contributed by atoms with E-state index in [1.165, 1.54) is 17.3 Å². The van der Waals surface area contributed by atoms with Gasteiger partial charge in [-0.2, -0.15) is 0 Å². The van der Waals surface area contributed by atoms with Crippen LogP contribution in [0.3, 0.4) is 0 Å². The summed E-state index contributed by atoms with van der Waals surface area (Å²) in [7, 11) is 0. The maximum atomic E-state index is 12.8. The van der Waals surface area contributed by atoms with Crippen molar-refractivity contribution < 1.29 is 9.21 Å². The Bertz CT molecular complexity index is 903. The zero-order valence-corrected chi connectivity index (χ0v) is 15.6. The van der Waals surface area contributed by atoms with E-state index in [2.05, 4.69) is 23.2 Å². The second-order valence-corrected chi connectivity index (χ2v) is 7.41. The van der Waals surface area contributed by atoms with Crippen LogP contribution in [0.25, 0.3) is 11.5 Å². The van der Waals surface area contributed by atoms with Gasteiger partial charge in [-0.25, -0.2) is 0 Å². The summed E-state index contributed by atoms with van der Waals surface area (Å²) in [5.74, 6) is 0.537. The van der Waals surface area contributed by atoms with Gasteiger partial charge in [-0.1, -0.05) is 36.0 Å². The van der Waals surface area contributed by atoms with Gasteiger partial charge in [0.05, 0.1) is 5.25 Å². The molecule has 0 aliphatic carbocycles. The molecule has 0 saturated heterocycles. The van der Waals surface area contributed by atoms with Crippen LogP contribution in [-0.2, 0) is 0 Å². The fraction of sp³-hybridized carbons (Fsp3) is 0.250. The average Bonchev–Trinajstić information content (AvgIpc) is 3.07. The lowest BCUT2D eigenvalue weighted by Crippen LogP contribution is -2.15. The minimum atomic E-state index is -0.301. The molecular formula is C20H20N2O2S. The van der Waals surface area contributed by atoms with Gasteiger partial charge in [0, 0.05) is 11.1 Å². The lowest BCUT2D eigenvalue weighted by Gasteiger charge is -2.12. The molecule has 0 saturated carbocycles. The summed E-state index contributed by atoms with van der Waals surface area (Å²) in [6, 6.07) is 13.6. The number of rotatable bonds is 5. The van der Waals surface area contributed by atoms with E-state index in [4.69, 9.17) is 4.42 Å². The molecule has 3 aromatic rings. The lowest BCUT2D eigenvalue weighted by molar-refractivity contribution is 0.0993. The van der Waals surface area contributed by atoms with E-state index in [1.807, 2.05) is 57.2 Å². The molecule has 0 spiro atoms. The topological polar surface area (TPSA) is 56.0 Å². The smallest absolute Gasteiger partial charge is 0.277 e. The molecular weight excluding hydrogens is 332 g/mol. The Balaban J connectivity index is 1.76. The van der Waals surface area contributed by atoms with Crippen molar-refractivity contribution in [3.63, 3.8) is 0 Å². The number of aryl methyl sites for hydroxylation is 3. The van der Waals surface area contributed by atoms with Crippen LogP contribution in [0, 0.1) is 20.8 Å². The average molecular weight is 352 g/mol. The standard InChI is InChI=1S/C20H20N2O2S/c1-12-10-14(3)17(11-13(12)2)18(23)15(4)25-20-22-21-19(24-20)16-8-6-5-7-9-16/h5-11,15H,1-4H3/t15-/m0/s1. The maximum absolute atomic E-state index is 12.8. The zero-order valence-electron chi connectivity index (χ0n) is 14.7. The zero-order chi connectivity index (χ0) is 18.0. The Morgan fingerprint density at radius 2 is 1.68 bits per heavy atom. The molecule has 25 heavy (non-hydrogen) atoms. The largest absolute Gasteiger partial charge is 0.411 e. The van der Waals surface area contributed by atoms with E-state index in [0.29, 0.717) is 11.1 Å². The van der Waals surface area contributed by atoms with Gasteiger partial charge in [0.1, 0.15) is 0 Å². The lowest BCUT2D eigenvalue weighted by atomic mass is 9.97. The Hall–Kier alpha value is -2.40. The molecule has 2 aromatic carbocycles. The quantitative estimate of drug-likeness (QED) is 0.476. The van der Waals surface area contributed by atoms with E-state index in [9.17, 15) is 4.79 Å². The van der Waals surface area contributed by atoms with Crippen LogP contribution >= 0.6 is 11.8 Å². The number of ketones is 1. The van der Waals surface area contributed by atoms with Gasteiger partial charge in [0.15, 0.2) is 5.78 Å². The predicted octanol–water partition coefficient (Wildman–Crippen LogP) is 5.03. The second-order valence-electron chi connectivity index (χ2n) is 6.11. The molecule has 5 heteroatoms. The molecule has 0 aliphatic rings. The van der Waals surface area contributed by atoms with Crippen LogP contribution in [0.15, 0.2) is 52.1 Å². The molecule has 3 rings (SSSR count). The summed E-state index contributed by atoms with van der Waals surface area (Å²) >= 11 is 1.29. The highest BCUT2D eigenvalue weighted by molar-refractivity contribution is 8.00. The van der Waals surface area contributed by atoms with Gasteiger partial charge in [0.2, 0.25) is 5.89 Å². The van der Waals surface area contributed by atoms with Gasteiger partial charge >= 0.3 is 0 Å². The van der Waals surface area contributed by atoms with Gasteiger partial charge in [-0.3, -0.25) is 4.79 Å². The summed E-state index contributed by atoms with van der Waals surface area (Å²) < 4.78 is 5.69. The van der Waals surface area contributed by atoms with E-state index in [-0.39, 0.29) is 11.0 Å². The Morgan fingerprint density at radius 3 is 2.40 bits per heavy atom. The SMILES string of the molecule is Cc1cc(C)c(C(=O)[C@H](C)Sc2nnc(-c3ccccc3)o2)cc1C. The number of hydrogen-bond acceptors (Lipinski definition) is 5. The van der Waals surface area contributed by atoms with Crippen molar-refractivity contribution in [1.29, 1.82) is 0 Å². The third-order valence-corrected chi connectivity index (χ3v) is 5.11. The third-order valence-electron chi connectivity index (χ3n) is 4.18. The van der Waals surface area contributed by atoms with Crippen molar-refractivity contribution in [2.75, 3.05) is 0 Å². The van der Waals surface area contributed by atoms with E-state index in [1.54, 1.807) is 0 Å². The first-order chi connectivity index (χ1) is 12.0. The van der Waals surface area contributed by atoms with Crippen molar-refractivity contribution in [2.24, 2.45) is 0 Å². The van der Waals surface area contributed by atoms with E-state index >= 15 is 0 Å². The number of nitrogens with zero attached hydrogens (tertiary/aromatic N) is 2. The van der Waals surface area contributed by atoms with Crippen LogP contribution in [-0.4, -0.2) is 21.2 Å². The number of carbonyl (C=O) groups is 1. The van der Waals surface area contributed by atoms with Crippen molar-refractivity contribution in [2.45, 2.75) is 38.2 Å². The molecule has 0 aliphatic heterocycles. The predicted molar refractivity (Wildman–Crippen MR) is 100 cm³/mol. The first-order valence-electron chi connectivity index (χ1n) is 8.13. The molecule has 0 amide bonds. The van der Waals surface area contributed by atoms with Crippen molar-refractivity contribution in [3.05, 3.63) is 64.7 Å². The summed E-state index contributed by atoms with van der Waals surface area (Å²) in [5.41, 5.74) is 4.93. The van der Waals surface area contributed by atoms with E-state index in [0.717, 1.165) is 22.3 Å². The van der Waals surface area contributed by atoms with Crippen LogP contribution in [0.2, 0.25) is 0 Å². The highest BCUT2D eigenvalue weighted by atomic mass is 32.2. The molecule has 1 heterocycles. The molecule has 0 unspecified atom stereocenters. The molecule has 1 aromatic heterocycles. The Labute approximate surface area is 151 Å². The Kier molecular flexibility index (Phi) is 5.04. The van der Waals surface area contributed by atoms with Gasteiger partial charge in [0.25, 0.3) is 5.22 Å². The molecule has 0 N–H and O–H groups in total. The highest BCUT2D eigenvalue weighted by Gasteiger charge is 2.22. The van der Waals surface area contributed by atoms with Crippen LogP contribution < -0.4 is 0 Å². The van der Waals surface area contributed by atoms with Gasteiger partial charge < -0.3 is 4.42 Å². The monoisotopic (exact) mass is 352 g/mol. The first kappa shape index (κ1) is 17.4. The molecule has 4 nitrogen and oxygen atoms in total. The number of benzene rings is 2. The van der Waals surface area contributed by atoms with Crippen LogP contribution in [0.1, 0.15) is 34.0 Å². The Morgan fingerprint density at radius 1 is 1.00 bits per heavy atom. The molecule has 0 fully saturated rings. The van der Waals surface area contributed by atoms with E-state index < -0.39 is 0 Å². The summed E-state index contributed by atoms with van der Waals surface area (Å²) in [4.78, 5) is 12.8. The summed E-state index contributed by atoms with van der Waals surface area (Å²) in [6.07, 6.45) is 0. The second kappa shape index (κ2) is 7.23. The molecule has 1 atom stereocenters. The van der Waals surface area contributed by atoms with Crippen molar-refractivity contribution >= 4 is 17.5 Å². The molecule has 0 bridgehead atoms. The summed E-state index contributed by atoms with van der Waals surface area (Å²) in [6.45, 7) is 7.91. The fourth-order valence-electron chi connectivity index (χ4n) is 2.60. The van der Waals surface area contributed by atoms with Gasteiger partial charge in [-0.15, -0.1) is 10.2 Å². The highest BCUT2D eigenvalue weighted by Crippen LogP contribution is 2.28. The van der Waals surface area contributed by atoms with Crippen molar-refractivity contribution in [3.8, 4) is 11.5 Å². The van der Waals surface area contributed by atoms with Crippen LogP contribution in [0.5, 0.6) is 0 Å². The fourth-order valence-corrected chi connectivity index (χ4v) is 3.36. The summed E-state index contributed by atoms with van der Waals surface area (Å²) in [5, 5.41) is 8.23.